The predicted octanol–water partition coefficient (Wildman–Crippen LogP) is -0.596. The molecule has 1 aliphatic heterocycles. The van der Waals surface area contributed by atoms with Gasteiger partial charge in [0.25, 0.3) is 5.91 Å². The first-order valence-corrected chi connectivity index (χ1v) is 3.57. The van der Waals surface area contributed by atoms with Gasteiger partial charge in [0, 0.05) is 6.07 Å². The van der Waals surface area contributed by atoms with E-state index in [1.165, 1.54) is 24.7 Å². The van der Waals surface area contributed by atoms with Crippen LogP contribution in [0.4, 0.5) is 0 Å². The smallest absolute Gasteiger partial charge is 0.251 e. The SMILES string of the molecule is NC(=O)C1(c2ccon2)C=CON1. The lowest BCUT2D eigenvalue weighted by molar-refractivity contribution is -0.125. The molecule has 6 heteroatoms. The van der Waals surface area contributed by atoms with Crippen molar-refractivity contribution >= 4 is 5.91 Å². The van der Waals surface area contributed by atoms with Crippen LogP contribution in [0.15, 0.2) is 29.2 Å². The molecule has 0 saturated carbocycles. The first-order valence-electron chi connectivity index (χ1n) is 3.57. The van der Waals surface area contributed by atoms with E-state index in [1.54, 1.807) is 0 Å². The van der Waals surface area contributed by atoms with Crippen molar-refractivity contribution in [3.05, 3.63) is 30.4 Å². The molecule has 1 atom stereocenters. The number of aromatic nitrogens is 1. The van der Waals surface area contributed by atoms with Gasteiger partial charge in [0.15, 0.2) is 5.54 Å². The maximum Gasteiger partial charge on any atom is 0.251 e. The van der Waals surface area contributed by atoms with Crippen LogP contribution >= 0.6 is 0 Å². The maximum absolute atomic E-state index is 11.2. The summed E-state index contributed by atoms with van der Waals surface area (Å²) < 4.78 is 4.61. The Morgan fingerprint density at radius 3 is 3.00 bits per heavy atom. The van der Waals surface area contributed by atoms with Crippen LogP contribution in [0.3, 0.4) is 0 Å². The van der Waals surface area contributed by atoms with Crippen LogP contribution in [0.25, 0.3) is 0 Å². The van der Waals surface area contributed by atoms with Gasteiger partial charge in [-0.15, -0.1) is 5.48 Å². The second kappa shape index (κ2) is 2.60. The Balaban J connectivity index is 2.46. The molecular weight excluding hydrogens is 174 g/mol. The van der Waals surface area contributed by atoms with E-state index in [0.717, 1.165) is 0 Å². The number of hydrogen-bond donors (Lipinski definition) is 2. The molecule has 13 heavy (non-hydrogen) atoms. The highest BCUT2D eigenvalue weighted by Gasteiger charge is 2.42. The van der Waals surface area contributed by atoms with Gasteiger partial charge in [-0.3, -0.25) is 4.79 Å². The van der Waals surface area contributed by atoms with Crippen molar-refractivity contribution in [2.75, 3.05) is 0 Å². The molecule has 2 heterocycles. The van der Waals surface area contributed by atoms with Gasteiger partial charge in [0.2, 0.25) is 0 Å². The number of rotatable bonds is 2. The van der Waals surface area contributed by atoms with Crippen molar-refractivity contribution in [3.63, 3.8) is 0 Å². The number of nitrogens with zero attached hydrogens (tertiary/aromatic N) is 1. The Morgan fingerprint density at radius 1 is 1.69 bits per heavy atom. The molecule has 68 valence electrons. The number of amides is 1. The summed E-state index contributed by atoms with van der Waals surface area (Å²) >= 11 is 0. The van der Waals surface area contributed by atoms with Crippen LogP contribution in [0.5, 0.6) is 0 Å². The first kappa shape index (κ1) is 7.81. The van der Waals surface area contributed by atoms with Crippen molar-refractivity contribution in [1.29, 1.82) is 0 Å². The zero-order valence-corrected chi connectivity index (χ0v) is 6.56. The van der Waals surface area contributed by atoms with Gasteiger partial charge in [0.1, 0.15) is 18.2 Å². The van der Waals surface area contributed by atoms with Gasteiger partial charge in [-0.2, -0.15) is 0 Å². The average Bonchev–Trinajstić information content (AvgIpc) is 2.75. The van der Waals surface area contributed by atoms with Gasteiger partial charge >= 0.3 is 0 Å². The Kier molecular flexibility index (Phi) is 1.56. The minimum Gasteiger partial charge on any atom is -0.415 e. The van der Waals surface area contributed by atoms with Crippen molar-refractivity contribution < 1.29 is 14.2 Å². The molecule has 0 saturated heterocycles. The van der Waals surface area contributed by atoms with E-state index in [0.29, 0.717) is 5.69 Å². The monoisotopic (exact) mass is 181 g/mol. The molecule has 1 aromatic heterocycles. The number of carbonyl (C=O) groups is 1. The maximum atomic E-state index is 11.2. The molecule has 0 aromatic carbocycles. The molecule has 1 aliphatic rings. The summed E-state index contributed by atoms with van der Waals surface area (Å²) in [4.78, 5) is 15.9. The third kappa shape index (κ3) is 0.994. The number of hydroxylamine groups is 1. The molecular formula is C7H7N3O3. The standard InChI is InChI=1S/C7H7N3O3/c8-6(11)7(2-4-13-10-7)5-1-3-12-9-5/h1-4,10H,(H2,8,11). The lowest BCUT2D eigenvalue weighted by atomic mass is 9.96. The minimum atomic E-state index is -1.20. The molecule has 0 fully saturated rings. The summed E-state index contributed by atoms with van der Waals surface area (Å²) in [5.74, 6) is -0.602. The van der Waals surface area contributed by atoms with Crippen LogP contribution in [-0.2, 0) is 15.2 Å². The van der Waals surface area contributed by atoms with Crippen molar-refractivity contribution in [2.24, 2.45) is 5.73 Å². The Hall–Kier alpha value is -1.82. The van der Waals surface area contributed by atoms with E-state index in [4.69, 9.17) is 10.6 Å². The van der Waals surface area contributed by atoms with Gasteiger partial charge in [-0.05, 0) is 6.08 Å². The third-order valence-electron chi connectivity index (χ3n) is 1.84. The number of hydrogen-bond acceptors (Lipinski definition) is 5. The Bertz CT molecular complexity index is 346. The molecule has 2 rings (SSSR count). The lowest BCUT2D eigenvalue weighted by Crippen LogP contribution is -2.48. The van der Waals surface area contributed by atoms with E-state index in [1.807, 2.05) is 0 Å². The summed E-state index contributed by atoms with van der Waals surface area (Å²) in [6, 6.07) is 1.54. The number of nitrogens with one attached hydrogen (secondary N) is 1. The normalized spacial score (nSPS) is 25.8. The molecule has 1 unspecified atom stereocenters. The molecule has 1 aromatic rings. The molecule has 0 spiro atoms. The summed E-state index contributed by atoms with van der Waals surface area (Å²) in [7, 11) is 0. The summed E-state index contributed by atoms with van der Waals surface area (Å²) in [5.41, 5.74) is 6.84. The van der Waals surface area contributed by atoms with Crippen LogP contribution in [0.2, 0.25) is 0 Å². The fraction of sp³-hybridized carbons (Fsp3) is 0.143. The zero-order chi connectivity index (χ0) is 9.31. The third-order valence-corrected chi connectivity index (χ3v) is 1.84. The van der Waals surface area contributed by atoms with Gasteiger partial charge in [-0.1, -0.05) is 5.16 Å². The fourth-order valence-corrected chi connectivity index (χ4v) is 1.11. The second-order valence-corrected chi connectivity index (χ2v) is 2.58. The van der Waals surface area contributed by atoms with E-state index in [2.05, 4.69) is 15.2 Å². The number of nitrogens with two attached hydrogens (primary N) is 1. The largest absolute Gasteiger partial charge is 0.415 e. The van der Waals surface area contributed by atoms with Crippen molar-refractivity contribution in [1.82, 2.24) is 10.6 Å². The highest BCUT2D eigenvalue weighted by atomic mass is 16.6. The van der Waals surface area contributed by atoms with E-state index in [-0.39, 0.29) is 0 Å². The van der Waals surface area contributed by atoms with Gasteiger partial charge < -0.3 is 15.1 Å². The second-order valence-electron chi connectivity index (χ2n) is 2.58. The van der Waals surface area contributed by atoms with Crippen molar-refractivity contribution in [3.8, 4) is 0 Å². The first-order chi connectivity index (χ1) is 6.26. The number of carbonyl (C=O) groups excluding carboxylic acids is 1. The molecule has 0 radical (unpaired) electrons. The minimum absolute atomic E-state index is 0.369. The van der Waals surface area contributed by atoms with Crippen molar-refractivity contribution in [2.45, 2.75) is 5.54 Å². The molecule has 3 N–H and O–H groups in total. The van der Waals surface area contributed by atoms with Gasteiger partial charge in [-0.25, -0.2) is 0 Å². The summed E-state index contributed by atoms with van der Waals surface area (Å²) in [6.07, 6.45) is 4.17. The Morgan fingerprint density at radius 2 is 2.54 bits per heavy atom. The van der Waals surface area contributed by atoms with E-state index < -0.39 is 11.4 Å². The molecule has 1 amide bonds. The predicted molar refractivity (Wildman–Crippen MR) is 40.7 cm³/mol. The number of primary amides is 1. The van der Waals surface area contributed by atoms with Gasteiger partial charge in [0.05, 0.1) is 0 Å². The molecule has 0 bridgehead atoms. The lowest BCUT2D eigenvalue weighted by Gasteiger charge is -2.18. The van der Waals surface area contributed by atoms with Crippen LogP contribution < -0.4 is 11.2 Å². The summed E-state index contributed by atoms with van der Waals surface area (Å²) in [6.45, 7) is 0. The van der Waals surface area contributed by atoms with Crippen LogP contribution in [0, 0.1) is 0 Å². The highest BCUT2D eigenvalue weighted by Crippen LogP contribution is 2.24. The zero-order valence-electron chi connectivity index (χ0n) is 6.56. The van der Waals surface area contributed by atoms with E-state index in [9.17, 15) is 4.79 Å². The summed E-state index contributed by atoms with van der Waals surface area (Å²) in [5, 5.41) is 3.62. The molecule has 6 nitrogen and oxygen atoms in total. The quantitative estimate of drug-likeness (QED) is 0.636. The highest BCUT2D eigenvalue weighted by molar-refractivity contribution is 5.88. The topological polar surface area (TPSA) is 90.4 Å². The fourth-order valence-electron chi connectivity index (χ4n) is 1.11. The Labute approximate surface area is 73.3 Å². The van der Waals surface area contributed by atoms with E-state index >= 15 is 0 Å². The van der Waals surface area contributed by atoms with Crippen LogP contribution in [0.1, 0.15) is 5.69 Å². The molecule has 0 aliphatic carbocycles. The van der Waals surface area contributed by atoms with Crippen LogP contribution in [-0.4, -0.2) is 11.1 Å². The average molecular weight is 181 g/mol.